The first-order valence-corrected chi connectivity index (χ1v) is 5.86. The molecule has 0 unspecified atom stereocenters. The van der Waals surface area contributed by atoms with Crippen molar-refractivity contribution in [3.8, 4) is 17.6 Å². The Morgan fingerprint density at radius 3 is 2.95 bits per heavy atom. The van der Waals surface area contributed by atoms with Crippen molar-refractivity contribution in [2.45, 2.75) is 0 Å². The third-order valence-electron chi connectivity index (χ3n) is 2.77. The average molecular weight is 266 g/mol. The predicted octanol–water partition coefficient (Wildman–Crippen LogP) is 1.83. The Hall–Kier alpha value is -3.07. The van der Waals surface area contributed by atoms with Gasteiger partial charge in [-0.2, -0.15) is 5.26 Å². The molecule has 3 rings (SSSR count). The summed E-state index contributed by atoms with van der Waals surface area (Å²) in [6.07, 6.45) is 5.12. The Kier molecular flexibility index (Phi) is 2.94. The van der Waals surface area contributed by atoms with Crippen molar-refractivity contribution in [1.82, 2.24) is 9.97 Å². The Morgan fingerprint density at radius 1 is 1.25 bits per heavy atom. The van der Waals surface area contributed by atoms with Crippen LogP contribution in [0.2, 0.25) is 0 Å². The minimum atomic E-state index is 0.123. The molecule has 0 aliphatic carbocycles. The highest BCUT2D eigenvalue weighted by Gasteiger charge is 2.12. The van der Waals surface area contributed by atoms with Crippen LogP contribution in [0.4, 0.5) is 5.82 Å². The zero-order valence-corrected chi connectivity index (χ0v) is 10.4. The molecular formula is C14H10N4O2. The van der Waals surface area contributed by atoms with Crippen LogP contribution in [0.15, 0.2) is 24.4 Å². The summed E-state index contributed by atoms with van der Waals surface area (Å²) in [6.45, 7) is 0.247. The maximum absolute atomic E-state index is 8.85. The van der Waals surface area contributed by atoms with Gasteiger partial charge in [0.1, 0.15) is 6.07 Å². The third-order valence-corrected chi connectivity index (χ3v) is 2.77. The Bertz CT molecular complexity index is 734. The van der Waals surface area contributed by atoms with Gasteiger partial charge in [-0.1, -0.05) is 12.1 Å². The number of nitrogens with two attached hydrogens (primary N) is 1. The number of ether oxygens (including phenoxy) is 2. The van der Waals surface area contributed by atoms with Crippen LogP contribution in [0, 0.1) is 11.3 Å². The van der Waals surface area contributed by atoms with Crippen LogP contribution < -0.4 is 15.2 Å². The average Bonchev–Trinajstić information content (AvgIpc) is 2.94. The van der Waals surface area contributed by atoms with Crippen LogP contribution in [0.3, 0.4) is 0 Å². The molecule has 6 heteroatoms. The first-order chi connectivity index (χ1) is 9.76. The van der Waals surface area contributed by atoms with Crippen LogP contribution in [0.1, 0.15) is 17.0 Å². The molecule has 6 nitrogen and oxygen atoms in total. The maximum Gasteiger partial charge on any atom is 0.231 e. The van der Waals surface area contributed by atoms with Crippen molar-refractivity contribution in [3.05, 3.63) is 41.3 Å². The Morgan fingerprint density at radius 2 is 2.10 bits per heavy atom. The van der Waals surface area contributed by atoms with E-state index in [1.54, 1.807) is 6.08 Å². The topological polar surface area (TPSA) is 94.0 Å². The van der Waals surface area contributed by atoms with E-state index in [2.05, 4.69) is 9.97 Å². The van der Waals surface area contributed by atoms with Crippen molar-refractivity contribution < 1.29 is 9.47 Å². The van der Waals surface area contributed by atoms with Crippen molar-refractivity contribution >= 4 is 18.0 Å². The molecule has 1 aliphatic heterocycles. The maximum atomic E-state index is 8.85. The van der Waals surface area contributed by atoms with Crippen molar-refractivity contribution in [2.75, 3.05) is 12.5 Å². The number of fused-ring (bicyclic) bond motifs is 1. The minimum absolute atomic E-state index is 0.123. The van der Waals surface area contributed by atoms with Crippen LogP contribution in [-0.4, -0.2) is 16.8 Å². The van der Waals surface area contributed by atoms with Gasteiger partial charge < -0.3 is 15.2 Å². The number of nitriles is 1. The fourth-order valence-corrected chi connectivity index (χ4v) is 1.77. The fraction of sp³-hybridized carbons (Fsp3) is 0.0714. The summed E-state index contributed by atoms with van der Waals surface area (Å²) in [5, 5.41) is 8.85. The van der Waals surface area contributed by atoms with Gasteiger partial charge >= 0.3 is 0 Å². The molecule has 0 fully saturated rings. The van der Waals surface area contributed by atoms with Gasteiger partial charge in [0.25, 0.3) is 0 Å². The number of nitrogen functional groups attached to an aromatic ring is 1. The number of aromatic nitrogens is 2. The van der Waals surface area contributed by atoms with Gasteiger partial charge in [0, 0.05) is 0 Å². The third kappa shape index (κ3) is 2.24. The molecule has 1 aromatic carbocycles. The molecule has 20 heavy (non-hydrogen) atoms. The number of hydrogen-bond acceptors (Lipinski definition) is 6. The molecule has 2 heterocycles. The van der Waals surface area contributed by atoms with E-state index in [0.29, 0.717) is 11.4 Å². The van der Waals surface area contributed by atoms with E-state index in [-0.39, 0.29) is 18.3 Å². The van der Waals surface area contributed by atoms with E-state index >= 15 is 0 Å². The molecule has 98 valence electrons. The zero-order valence-electron chi connectivity index (χ0n) is 10.4. The summed E-state index contributed by atoms with van der Waals surface area (Å²) in [5.41, 5.74) is 7.14. The molecule has 0 saturated carbocycles. The molecule has 2 N–H and O–H groups in total. The summed E-state index contributed by atoms with van der Waals surface area (Å²) in [5.74, 6) is 1.59. The first kappa shape index (κ1) is 12.0. The SMILES string of the molecule is N#Cc1nc(/C=C/c2ccc3c(c2)OCO3)cnc1N. The number of hydrogen-bond donors (Lipinski definition) is 1. The van der Waals surface area contributed by atoms with Gasteiger partial charge in [0.2, 0.25) is 6.79 Å². The van der Waals surface area contributed by atoms with Crippen molar-refractivity contribution in [1.29, 1.82) is 5.26 Å². The molecule has 1 aromatic heterocycles. The van der Waals surface area contributed by atoms with Gasteiger partial charge in [-0.15, -0.1) is 0 Å². The number of rotatable bonds is 2. The lowest BCUT2D eigenvalue weighted by molar-refractivity contribution is 0.174. The van der Waals surface area contributed by atoms with Gasteiger partial charge in [-0.3, -0.25) is 0 Å². The van der Waals surface area contributed by atoms with Crippen LogP contribution >= 0.6 is 0 Å². The van der Waals surface area contributed by atoms with Gasteiger partial charge in [-0.05, 0) is 23.8 Å². The molecule has 0 saturated heterocycles. The monoisotopic (exact) mass is 266 g/mol. The molecule has 2 aromatic rings. The first-order valence-electron chi connectivity index (χ1n) is 5.86. The molecule has 0 spiro atoms. The van der Waals surface area contributed by atoms with E-state index < -0.39 is 0 Å². The van der Waals surface area contributed by atoms with Crippen LogP contribution in [-0.2, 0) is 0 Å². The van der Waals surface area contributed by atoms with Crippen LogP contribution in [0.5, 0.6) is 11.5 Å². The standard InChI is InChI=1S/C14H10N4O2/c15-6-11-14(16)17-7-10(18-11)3-1-9-2-4-12-13(5-9)20-8-19-12/h1-5,7H,8H2,(H2,16,17)/b3-1+. The van der Waals surface area contributed by atoms with E-state index in [0.717, 1.165) is 11.3 Å². The second-order valence-electron chi connectivity index (χ2n) is 4.09. The van der Waals surface area contributed by atoms with Gasteiger partial charge in [0.05, 0.1) is 11.9 Å². The second-order valence-corrected chi connectivity index (χ2v) is 4.09. The fourth-order valence-electron chi connectivity index (χ4n) is 1.77. The molecule has 0 atom stereocenters. The molecule has 1 aliphatic rings. The summed E-state index contributed by atoms with van der Waals surface area (Å²) in [7, 11) is 0. The summed E-state index contributed by atoms with van der Waals surface area (Å²) >= 11 is 0. The largest absolute Gasteiger partial charge is 0.454 e. The normalized spacial score (nSPS) is 12.6. The van der Waals surface area contributed by atoms with Gasteiger partial charge in [-0.25, -0.2) is 9.97 Å². The lowest BCUT2D eigenvalue weighted by Crippen LogP contribution is -1.98. The van der Waals surface area contributed by atoms with E-state index in [4.69, 9.17) is 20.5 Å². The number of benzene rings is 1. The Balaban J connectivity index is 1.86. The number of nitrogens with zero attached hydrogens (tertiary/aromatic N) is 3. The molecular weight excluding hydrogens is 256 g/mol. The Labute approximate surface area is 115 Å². The predicted molar refractivity (Wildman–Crippen MR) is 72.7 cm³/mol. The lowest BCUT2D eigenvalue weighted by Gasteiger charge is -1.99. The smallest absolute Gasteiger partial charge is 0.231 e. The number of anilines is 1. The van der Waals surface area contributed by atoms with Crippen LogP contribution in [0.25, 0.3) is 12.2 Å². The highest BCUT2D eigenvalue weighted by Crippen LogP contribution is 2.32. The quantitative estimate of drug-likeness (QED) is 0.891. The molecule has 0 amide bonds. The summed E-state index contributed by atoms with van der Waals surface area (Å²) in [6, 6.07) is 7.52. The molecule has 0 radical (unpaired) electrons. The minimum Gasteiger partial charge on any atom is -0.454 e. The highest BCUT2D eigenvalue weighted by molar-refractivity contribution is 5.70. The van der Waals surface area contributed by atoms with Crippen molar-refractivity contribution in [3.63, 3.8) is 0 Å². The molecule has 0 bridgehead atoms. The van der Waals surface area contributed by atoms with Gasteiger partial charge in [0.15, 0.2) is 23.0 Å². The summed E-state index contributed by atoms with van der Waals surface area (Å²) in [4.78, 5) is 8.00. The highest BCUT2D eigenvalue weighted by atomic mass is 16.7. The summed E-state index contributed by atoms with van der Waals surface area (Å²) < 4.78 is 10.5. The van der Waals surface area contributed by atoms with E-state index in [1.807, 2.05) is 30.3 Å². The second kappa shape index (κ2) is 4.90. The van der Waals surface area contributed by atoms with E-state index in [1.165, 1.54) is 6.20 Å². The lowest BCUT2D eigenvalue weighted by atomic mass is 10.2. The van der Waals surface area contributed by atoms with E-state index in [9.17, 15) is 0 Å². The zero-order chi connectivity index (χ0) is 13.9. The van der Waals surface area contributed by atoms with Crippen molar-refractivity contribution in [2.24, 2.45) is 0 Å².